The molecule has 3 heterocycles. The zero-order valence-electron chi connectivity index (χ0n) is 13.4. The minimum Gasteiger partial charge on any atom is -0.356 e. The highest BCUT2D eigenvalue weighted by Gasteiger charge is 2.38. The number of piperidine rings is 2. The van der Waals surface area contributed by atoms with Gasteiger partial charge < -0.3 is 15.5 Å². The number of hydrogen-bond acceptors (Lipinski definition) is 3. The number of nitrogens with one attached hydrogen (secondary N) is 2. The third-order valence-electron chi connectivity index (χ3n) is 5.92. The molecule has 0 spiro atoms. The molecule has 3 atom stereocenters. The van der Waals surface area contributed by atoms with Gasteiger partial charge in [-0.25, -0.2) is 0 Å². The maximum Gasteiger partial charge on any atom is 0.220 e. The van der Waals surface area contributed by atoms with Gasteiger partial charge in [0.2, 0.25) is 5.91 Å². The largest absolute Gasteiger partial charge is 0.356 e. The summed E-state index contributed by atoms with van der Waals surface area (Å²) in [4.78, 5) is 14.6. The van der Waals surface area contributed by atoms with Crippen LogP contribution in [0.1, 0.15) is 57.8 Å². The van der Waals surface area contributed by atoms with Crippen molar-refractivity contribution in [3.8, 4) is 0 Å². The van der Waals surface area contributed by atoms with E-state index in [0.29, 0.717) is 18.4 Å². The van der Waals surface area contributed by atoms with Crippen molar-refractivity contribution < 1.29 is 4.79 Å². The number of hydrogen-bond donors (Lipinski definition) is 2. The molecule has 2 bridgehead atoms. The van der Waals surface area contributed by atoms with Crippen LogP contribution in [-0.4, -0.2) is 49.1 Å². The van der Waals surface area contributed by atoms with Crippen LogP contribution >= 0.6 is 0 Å². The normalized spacial score (nSPS) is 36.6. The second kappa shape index (κ2) is 7.10. The van der Waals surface area contributed by atoms with E-state index in [4.69, 9.17) is 0 Å². The Morgan fingerprint density at radius 3 is 2.62 bits per heavy atom. The van der Waals surface area contributed by atoms with E-state index in [1.54, 1.807) is 0 Å². The monoisotopic (exact) mass is 293 g/mol. The highest BCUT2D eigenvalue weighted by atomic mass is 16.1. The Kier molecular flexibility index (Phi) is 5.17. The van der Waals surface area contributed by atoms with Crippen LogP contribution in [-0.2, 0) is 4.79 Å². The Morgan fingerprint density at radius 1 is 1.19 bits per heavy atom. The Balaban J connectivity index is 1.32. The van der Waals surface area contributed by atoms with Gasteiger partial charge >= 0.3 is 0 Å². The Hall–Kier alpha value is -0.610. The second-order valence-electron chi connectivity index (χ2n) is 7.38. The molecule has 3 saturated heterocycles. The van der Waals surface area contributed by atoms with Gasteiger partial charge in [-0.2, -0.15) is 0 Å². The summed E-state index contributed by atoms with van der Waals surface area (Å²) < 4.78 is 0. The van der Waals surface area contributed by atoms with Crippen LogP contribution in [0.15, 0.2) is 0 Å². The number of carbonyl (C=O) groups is 1. The first-order valence-corrected chi connectivity index (χ1v) is 8.94. The lowest BCUT2D eigenvalue weighted by Gasteiger charge is -2.36. The Labute approximate surface area is 129 Å². The minimum absolute atomic E-state index is 0.258. The van der Waals surface area contributed by atoms with Crippen molar-refractivity contribution in [1.29, 1.82) is 0 Å². The molecule has 3 fully saturated rings. The first kappa shape index (κ1) is 15.3. The van der Waals surface area contributed by atoms with Crippen molar-refractivity contribution in [1.82, 2.24) is 15.5 Å². The van der Waals surface area contributed by atoms with Crippen LogP contribution in [0.4, 0.5) is 0 Å². The first-order chi connectivity index (χ1) is 10.2. The van der Waals surface area contributed by atoms with E-state index in [9.17, 15) is 4.79 Å². The van der Waals surface area contributed by atoms with E-state index in [1.165, 1.54) is 44.9 Å². The standard InChI is InChI=1S/C17H31N3O/c1-20-15-6-7-16(20)11-13(10-15)12-19-17(21)8-5-14-4-2-3-9-18-14/h13-16,18H,2-12H2,1H3,(H,19,21). The molecule has 0 aromatic carbocycles. The Bertz CT molecular complexity index is 340. The number of amides is 1. The fraction of sp³-hybridized carbons (Fsp3) is 0.941. The molecule has 0 aliphatic carbocycles. The van der Waals surface area contributed by atoms with E-state index in [0.717, 1.165) is 31.6 Å². The molecule has 120 valence electrons. The van der Waals surface area contributed by atoms with Crippen molar-refractivity contribution in [2.45, 2.75) is 75.9 Å². The average Bonchev–Trinajstić information content (AvgIpc) is 2.74. The first-order valence-electron chi connectivity index (χ1n) is 8.94. The fourth-order valence-electron chi connectivity index (χ4n) is 4.51. The summed E-state index contributed by atoms with van der Waals surface area (Å²) in [5.74, 6) is 0.962. The molecule has 1 amide bonds. The summed E-state index contributed by atoms with van der Waals surface area (Å²) in [5, 5.41) is 6.71. The highest BCUT2D eigenvalue weighted by molar-refractivity contribution is 5.75. The molecule has 0 aromatic rings. The smallest absolute Gasteiger partial charge is 0.220 e. The van der Waals surface area contributed by atoms with Crippen LogP contribution in [0.3, 0.4) is 0 Å². The van der Waals surface area contributed by atoms with Gasteiger partial charge in [0, 0.05) is 31.1 Å². The van der Waals surface area contributed by atoms with Gasteiger partial charge in [-0.1, -0.05) is 6.42 Å². The summed E-state index contributed by atoms with van der Waals surface area (Å²) in [6.07, 6.45) is 10.8. The van der Waals surface area contributed by atoms with Crippen molar-refractivity contribution in [3.05, 3.63) is 0 Å². The third-order valence-corrected chi connectivity index (χ3v) is 5.92. The Morgan fingerprint density at radius 2 is 1.95 bits per heavy atom. The average molecular weight is 293 g/mol. The number of rotatable bonds is 5. The summed E-state index contributed by atoms with van der Waals surface area (Å²) in [5.41, 5.74) is 0. The van der Waals surface area contributed by atoms with E-state index in [2.05, 4.69) is 22.6 Å². The molecule has 0 saturated carbocycles. The molecule has 2 N–H and O–H groups in total. The summed E-state index contributed by atoms with van der Waals surface area (Å²) >= 11 is 0. The molecular formula is C17H31N3O. The summed E-state index contributed by atoms with van der Waals surface area (Å²) in [6.45, 7) is 2.03. The second-order valence-corrected chi connectivity index (χ2v) is 7.38. The minimum atomic E-state index is 0.258. The quantitative estimate of drug-likeness (QED) is 0.814. The summed E-state index contributed by atoms with van der Waals surface area (Å²) in [7, 11) is 2.27. The molecule has 3 aliphatic rings. The van der Waals surface area contributed by atoms with Gasteiger partial charge in [0.25, 0.3) is 0 Å². The van der Waals surface area contributed by atoms with Gasteiger partial charge in [0.05, 0.1) is 0 Å². The number of carbonyl (C=O) groups excluding carboxylic acids is 1. The van der Waals surface area contributed by atoms with E-state index < -0.39 is 0 Å². The molecule has 3 unspecified atom stereocenters. The van der Waals surface area contributed by atoms with Crippen molar-refractivity contribution in [2.24, 2.45) is 5.92 Å². The maximum absolute atomic E-state index is 12.0. The van der Waals surface area contributed by atoms with Crippen LogP contribution in [0, 0.1) is 5.92 Å². The van der Waals surface area contributed by atoms with Gasteiger partial charge in [-0.3, -0.25) is 4.79 Å². The lowest BCUT2D eigenvalue weighted by atomic mass is 9.91. The van der Waals surface area contributed by atoms with Crippen LogP contribution in [0.2, 0.25) is 0 Å². The van der Waals surface area contributed by atoms with Crippen LogP contribution in [0.5, 0.6) is 0 Å². The van der Waals surface area contributed by atoms with Gasteiger partial charge in [-0.05, 0) is 64.5 Å². The molecule has 3 aliphatic heterocycles. The topological polar surface area (TPSA) is 44.4 Å². The number of fused-ring (bicyclic) bond motifs is 2. The maximum atomic E-state index is 12.0. The van der Waals surface area contributed by atoms with E-state index in [-0.39, 0.29) is 5.91 Å². The van der Waals surface area contributed by atoms with E-state index in [1.807, 2.05) is 0 Å². The van der Waals surface area contributed by atoms with Crippen molar-refractivity contribution >= 4 is 5.91 Å². The molecule has 3 rings (SSSR count). The van der Waals surface area contributed by atoms with Crippen molar-refractivity contribution in [3.63, 3.8) is 0 Å². The molecular weight excluding hydrogens is 262 g/mol. The van der Waals surface area contributed by atoms with Crippen LogP contribution in [0.25, 0.3) is 0 Å². The number of nitrogens with zero attached hydrogens (tertiary/aromatic N) is 1. The lowest BCUT2D eigenvalue weighted by Crippen LogP contribution is -2.43. The molecule has 0 aromatic heterocycles. The zero-order chi connectivity index (χ0) is 14.7. The van der Waals surface area contributed by atoms with Gasteiger partial charge in [-0.15, -0.1) is 0 Å². The highest BCUT2D eigenvalue weighted by Crippen LogP contribution is 2.36. The van der Waals surface area contributed by atoms with Gasteiger partial charge in [0.1, 0.15) is 0 Å². The van der Waals surface area contributed by atoms with Crippen molar-refractivity contribution in [2.75, 3.05) is 20.1 Å². The lowest BCUT2D eigenvalue weighted by molar-refractivity contribution is -0.121. The predicted octanol–water partition coefficient (Wildman–Crippen LogP) is 1.90. The molecule has 0 radical (unpaired) electrons. The SMILES string of the molecule is CN1C2CCC1CC(CNC(=O)CCC1CCCCN1)C2. The summed E-state index contributed by atoms with van der Waals surface area (Å²) in [6, 6.07) is 2.12. The molecule has 4 heteroatoms. The van der Waals surface area contributed by atoms with Gasteiger partial charge in [0.15, 0.2) is 0 Å². The third kappa shape index (κ3) is 3.98. The zero-order valence-corrected chi connectivity index (χ0v) is 13.4. The molecule has 21 heavy (non-hydrogen) atoms. The van der Waals surface area contributed by atoms with E-state index >= 15 is 0 Å². The van der Waals surface area contributed by atoms with Crippen LogP contribution < -0.4 is 10.6 Å². The predicted molar refractivity (Wildman–Crippen MR) is 85.2 cm³/mol. The molecule has 4 nitrogen and oxygen atoms in total. The fourth-order valence-corrected chi connectivity index (χ4v) is 4.51.